The van der Waals surface area contributed by atoms with Crippen LogP contribution in [0, 0.1) is 0 Å². The minimum atomic E-state index is -1.02. The van der Waals surface area contributed by atoms with Crippen LogP contribution in [-0.4, -0.2) is 62.3 Å². The van der Waals surface area contributed by atoms with E-state index in [4.69, 9.17) is 15.6 Å². The Morgan fingerprint density at radius 2 is 1.61 bits per heavy atom. The van der Waals surface area contributed by atoms with Crippen molar-refractivity contribution in [2.45, 2.75) is 26.3 Å². The van der Waals surface area contributed by atoms with Gasteiger partial charge in [0, 0.05) is 13.1 Å². The van der Waals surface area contributed by atoms with E-state index in [-0.39, 0.29) is 17.2 Å². The van der Waals surface area contributed by atoms with Crippen LogP contribution in [0.2, 0.25) is 0 Å². The van der Waals surface area contributed by atoms with Gasteiger partial charge in [0.2, 0.25) is 0 Å². The molecule has 0 unspecified atom stereocenters. The maximum atomic E-state index is 11.2. The van der Waals surface area contributed by atoms with Gasteiger partial charge in [-0.05, 0) is 55.7 Å². The fourth-order valence-electron chi connectivity index (χ4n) is 3.50. The Hall–Kier alpha value is -4.08. The van der Waals surface area contributed by atoms with Gasteiger partial charge in [-0.3, -0.25) is 4.57 Å². The van der Waals surface area contributed by atoms with Crippen molar-refractivity contribution in [2.24, 2.45) is 5.73 Å². The number of nitrogens with zero attached hydrogens (tertiary/aromatic N) is 3. The fraction of sp³-hybridized carbons (Fsp3) is 0.304. The van der Waals surface area contributed by atoms with Crippen molar-refractivity contribution < 1.29 is 29.3 Å². The van der Waals surface area contributed by atoms with Gasteiger partial charge in [-0.15, -0.1) is 0 Å². The molecule has 0 bridgehead atoms. The number of urea groups is 1. The number of carbonyl (C=O) groups is 3. The van der Waals surface area contributed by atoms with E-state index in [9.17, 15) is 19.5 Å². The van der Waals surface area contributed by atoms with Gasteiger partial charge in [0.05, 0.1) is 35.3 Å². The summed E-state index contributed by atoms with van der Waals surface area (Å²) in [4.78, 5) is 38.6. The van der Waals surface area contributed by atoms with Crippen LogP contribution in [0.25, 0.3) is 11.0 Å². The molecule has 174 valence electrons. The molecular formula is C23H26N4O6. The van der Waals surface area contributed by atoms with Gasteiger partial charge in [0.1, 0.15) is 0 Å². The van der Waals surface area contributed by atoms with E-state index in [1.54, 1.807) is 33.7 Å². The minimum absolute atomic E-state index is 0.165. The van der Waals surface area contributed by atoms with E-state index >= 15 is 0 Å². The number of likely N-dealkylation sites (tertiary alicyclic amines) is 1. The van der Waals surface area contributed by atoms with Crippen molar-refractivity contribution >= 4 is 29.0 Å². The van der Waals surface area contributed by atoms with Crippen LogP contribution in [0.4, 0.5) is 4.79 Å². The molecule has 4 rings (SSSR count). The van der Waals surface area contributed by atoms with Crippen molar-refractivity contribution in [3.05, 3.63) is 59.2 Å². The summed E-state index contributed by atoms with van der Waals surface area (Å²) < 4.78 is 7.35. The molecule has 33 heavy (non-hydrogen) atoms. The maximum Gasteiger partial charge on any atom is 0.335 e. The van der Waals surface area contributed by atoms with E-state index in [1.165, 1.54) is 18.2 Å². The SMILES string of the molecule is CCOc1nc2ccc(C(=O)O)cc2n1Cc1ccc(C(=O)O)cc1.NC(=O)N1CCCC1. The first-order valence-electron chi connectivity index (χ1n) is 10.5. The second kappa shape index (κ2) is 10.5. The molecule has 0 radical (unpaired) electrons. The summed E-state index contributed by atoms with van der Waals surface area (Å²) in [5.74, 6) is -2.00. The predicted molar refractivity (Wildman–Crippen MR) is 121 cm³/mol. The zero-order valence-electron chi connectivity index (χ0n) is 18.2. The molecule has 0 atom stereocenters. The quantitative estimate of drug-likeness (QED) is 0.518. The number of hydrogen-bond donors (Lipinski definition) is 3. The van der Waals surface area contributed by atoms with Crippen LogP contribution in [0.15, 0.2) is 42.5 Å². The molecule has 1 saturated heterocycles. The van der Waals surface area contributed by atoms with Gasteiger partial charge in [0.15, 0.2) is 0 Å². The van der Waals surface area contributed by atoms with Crippen LogP contribution in [0.3, 0.4) is 0 Å². The van der Waals surface area contributed by atoms with Crippen LogP contribution in [-0.2, 0) is 6.54 Å². The van der Waals surface area contributed by atoms with E-state index in [0.29, 0.717) is 30.2 Å². The average Bonchev–Trinajstić information content (AvgIpc) is 3.44. The smallest absolute Gasteiger partial charge is 0.335 e. The molecule has 1 aliphatic heterocycles. The average molecular weight is 454 g/mol. The van der Waals surface area contributed by atoms with Gasteiger partial charge in [-0.25, -0.2) is 14.4 Å². The van der Waals surface area contributed by atoms with Crippen molar-refractivity contribution in [2.75, 3.05) is 19.7 Å². The Bertz CT molecular complexity index is 1150. The number of imidazole rings is 1. The van der Waals surface area contributed by atoms with E-state index in [2.05, 4.69) is 4.98 Å². The van der Waals surface area contributed by atoms with E-state index in [1.807, 2.05) is 6.92 Å². The molecule has 10 heteroatoms. The number of aromatic carboxylic acids is 2. The summed E-state index contributed by atoms with van der Waals surface area (Å²) in [5.41, 5.74) is 7.49. The number of fused-ring (bicyclic) bond motifs is 1. The zero-order valence-corrected chi connectivity index (χ0v) is 18.2. The van der Waals surface area contributed by atoms with Crippen LogP contribution in [0.5, 0.6) is 6.01 Å². The number of nitrogens with two attached hydrogens (primary N) is 1. The first-order valence-corrected chi connectivity index (χ1v) is 10.5. The number of ether oxygens (including phenoxy) is 1. The van der Waals surface area contributed by atoms with E-state index < -0.39 is 11.9 Å². The molecule has 3 aromatic rings. The largest absolute Gasteiger partial charge is 0.478 e. The summed E-state index contributed by atoms with van der Waals surface area (Å²) in [6.07, 6.45) is 2.23. The molecule has 0 saturated carbocycles. The van der Waals surface area contributed by atoms with Crippen molar-refractivity contribution in [1.29, 1.82) is 0 Å². The van der Waals surface area contributed by atoms with E-state index in [0.717, 1.165) is 31.5 Å². The third kappa shape index (κ3) is 5.79. The standard InChI is InChI=1S/C18H16N2O5.C5H10N2O/c1-2-25-18-19-14-8-7-13(17(23)24)9-15(14)20(18)10-11-3-5-12(6-4-11)16(21)22;6-5(8)7-3-1-2-4-7/h3-9H,2,10H2,1H3,(H,21,22)(H,23,24);1-4H2,(H2,6,8). The molecule has 2 amide bonds. The monoisotopic (exact) mass is 454 g/mol. The summed E-state index contributed by atoms with van der Waals surface area (Å²) in [6.45, 7) is 4.36. The zero-order chi connectivity index (χ0) is 24.0. The Kier molecular flexibility index (Phi) is 7.50. The number of carbonyl (C=O) groups excluding carboxylic acids is 1. The number of amides is 2. The molecule has 0 spiro atoms. The predicted octanol–water partition coefficient (Wildman–Crippen LogP) is 3.04. The highest BCUT2D eigenvalue weighted by Gasteiger charge is 2.15. The number of carboxylic acids is 2. The first-order chi connectivity index (χ1) is 15.8. The molecule has 1 fully saturated rings. The number of hydrogen-bond acceptors (Lipinski definition) is 5. The molecule has 10 nitrogen and oxygen atoms in total. The Morgan fingerprint density at radius 3 is 2.12 bits per heavy atom. The molecule has 1 aromatic heterocycles. The number of benzene rings is 2. The Balaban J connectivity index is 0.000000323. The summed E-state index contributed by atoms with van der Waals surface area (Å²) in [6, 6.07) is 11.3. The lowest BCUT2D eigenvalue weighted by molar-refractivity contribution is 0.0686. The Labute approximate surface area is 190 Å². The van der Waals surface area contributed by atoms with Gasteiger partial charge >= 0.3 is 18.0 Å². The molecule has 2 aromatic carbocycles. The third-order valence-electron chi connectivity index (χ3n) is 5.19. The highest BCUT2D eigenvalue weighted by atomic mass is 16.5. The van der Waals surface area contributed by atoms with Crippen LogP contribution < -0.4 is 10.5 Å². The second-order valence-corrected chi connectivity index (χ2v) is 7.46. The minimum Gasteiger partial charge on any atom is -0.478 e. The Morgan fingerprint density at radius 1 is 1.00 bits per heavy atom. The van der Waals surface area contributed by atoms with Gasteiger partial charge in [-0.2, -0.15) is 4.98 Å². The van der Waals surface area contributed by atoms with Crippen molar-refractivity contribution in [1.82, 2.24) is 14.5 Å². The lowest BCUT2D eigenvalue weighted by atomic mass is 10.1. The highest BCUT2D eigenvalue weighted by Crippen LogP contribution is 2.24. The lowest BCUT2D eigenvalue weighted by Crippen LogP contribution is -2.32. The number of primary amides is 1. The second-order valence-electron chi connectivity index (χ2n) is 7.46. The third-order valence-corrected chi connectivity index (χ3v) is 5.19. The van der Waals surface area contributed by atoms with Crippen molar-refractivity contribution in [3.63, 3.8) is 0 Å². The lowest BCUT2D eigenvalue weighted by Gasteiger charge is -2.10. The summed E-state index contributed by atoms with van der Waals surface area (Å²) >= 11 is 0. The first kappa shape index (κ1) is 23.6. The topological polar surface area (TPSA) is 148 Å². The fourth-order valence-corrected chi connectivity index (χ4v) is 3.50. The highest BCUT2D eigenvalue weighted by molar-refractivity contribution is 5.92. The molecule has 4 N–H and O–H groups in total. The van der Waals surface area contributed by atoms with Gasteiger partial charge in [0.25, 0.3) is 6.01 Å². The summed E-state index contributed by atoms with van der Waals surface area (Å²) in [5, 5.41) is 18.2. The molecule has 2 heterocycles. The van der Waals surface area contributed by atoms with Crippen LogP contribution in [0.1, 0.15) is 46.0 Å². The molecular weight excluding hydrogens is 428 g/mol. The number of rotatable bonds is 6. The van der Waals surface area contributed by atoms with Gasteiger partial charge in [-0.1, -0.05) is 12.1 Å². The maximum absolute atomic E-state index is 11.2. The number of carboxylic acid groups (broad SMARTS) is 2. The van der Waals surface area contributed by atoms with Crippen LogP contribution >= 0.6 is 0 Å². The summed E-state index contributed by atoms with van der Waals surface area (Å²) in [7, 11) is 0. The molecule has 0 aliphatic carbocycles. The number of aromatic nitrogens is 2. The van der Waals surface area contributed by atoms with Gasteiger partial charge < -0.3 is 25.6 Å². The van der Waals surface area contributed by atoms with Crippen molar-refractivity contribution in [3.8, 4) is 6.01 Å². The molecule has 1 aliphatic rings. The normalized spacial score (nSPS) is 12.8.